The van der Waals surface area contributed by atoms with Crippen molar-refractivity contribution < 1.29 is 0 Å². The molecule has 1 aromatic carbocycles. The highest BCUT2D eigenvalue weighted by molar-refractivity contribution is 9.10. The zero-order valence-electron chi connectivity index (χ0n) is 11.7. The highest BCUT2D eigenvalue weighted by Crippen LogP contribution is 2.34. The van der Waals surface area contributed by atoms with Crippen molar-refractivity contribution in [2.24, 2.45) is 0 Å². The van der Waals surface area contributed by atoms with Crippen LogP contribution in [-0.4, -0.2) is 21.6 Å². The Bertz CT molecular complexity index is 771. The highest BCUT2D eigenvalue weighted by atomic mass is 79.9. The molecule has 0 amide bonds. The first-order chi connectivity index (χ1) is 10.2. The third-order valence-electron chi connectivity index (χ3n) is 3.36. The van der Waals surface area contributed by atoms with Crippen molar-refractivity contribution in [3.05, 3.63) is 52.6 Å². The molecule has 0 saturated heterocycles. The predicted molar refractivity (Wildman–Crippen MR) is 88.7 cm³/mol. The number of nitrogens with one attached hydrogen (secondary N) is 1. The second-order valence-corrected chi connectivity index (χ2v) is 6.63. The normalized spacial score (nSPS) is 12.7. The molecular weight excluding hydrogens is 348 g/mol. The molecule has 1 unspecified atom stereocenters. The molecule has 0 fully saturated rings. The Morgan fingerprint density at radius 2 is 2.10 bits per heavy atom. The lowest BCUT2D eigenvalue weighted by molar-refractivity contribution is 0.641. The maximum atomic E-state index is 4.29. The van der Waals surface area contributed by atoms with Gasteiger partial charge >= 0.3 is 0 Å². The van der Waals surface area contributed by atoms with Crippen LogP contribution in [0.25, 0.3) is 5.65 Å². The quantitative estimate of drug-likeness (QED) is 0.763. The molecule has 0 aliphatic rings. The first-order valence-electron chi connectivity index (χ1n) is 6.63. The molecule has 0 aliphatic carbocycles. The molecule has 0 saturated carbocycles. The van der Waals surface area contributed by atoms with Crippen LogP contribution >= 0.6 is 27.7 Å². The van der Waals surface area contributed by atoms with Crippen LogP contribution in [0.1, 0.15) is 18.5 Å². The van der Waals surface area contributed by atoms with Gasteiger partial charge in [0.1, 0.15) is 0 Å². The van der Waals surface area contributed by atoms with Gasteiger partial charge in [0.05, 0.1) is 0 Å². The van der Waals surface area contributed by atoms with Crippen molar-refractivity contribution in [2.45, 2.75) is 23.0 Å². The van der Waals surface area contributed by atoms with Crippen LogP contribution in [0, 0.1) is 0 Å². The van der Waals surface area contributed by atoms with Gasteiger partial charge in [-0.3, -0.25) is 4.40 Å². The first-order valence-corrected chi connectivity index (χ1v) is 8.24. The minimum atomic E-state index is 0.278. The summed E-state index contributed by atoms with van der Waals surface area (Å²) >= 11 is 5.17. The van der Waals surface area contributed by atoms with Crippen molar-refractivity contribution >= 4 is 33.3 Å². The second kappa shape index (κ2) is 6.17. The van der Waals surface area contributed by atoms with E-state index in [0.29, 0.717) is 0 Å². The zero-order chi connectivity index (χ0) is 14.8. The summed E-state index contributed by atoms with van der Waals surface area (Å²) in [5.41, 5.74) is 2.11. The maximum Gasteiger partial charge on any atom is 0.200 e. The minimum Gasteiger partial charge on any atom is -0.313 e. The van der Waals surface area contributed by atoms with Crippen molar-refractivity contribution in [1.82, 2.24) is 19.9 Å². The lowest BCUT2D eigenvalue weighted by atomic mass is 10.1. The Morgan fingerprint density at radius 3 is 2.90 bits per heavy atom. The molecule has 6 heteroatoms. The van der Waals surface area contributed by atoms with Crippen LogP contribution in [0.5, 0.6) is 0 Å². The minimum absolute atomic E-state index is 0.278. The lowest BCUT2D eigenvalue weighted by Crippen LogP contribution is -2.13. The van der Waals surface area contributed by atoms with Gasteiger partial charge in [-0.05, 0) is 55.6 Å². The number of pyridine rings is 1. The molecule has 0 spiro atoms. The number of hydrogen-bond donors (Lipinski definition) is 1. The number of hydrogen-bond acceptors (Lipinski definition) is 4. The molecule has 21 heavy (non-hydrogen) atoms. The lowest BCUT2D eigenvalue weighted by Gasteiger charge is -2.15. The van der Waals surface area contributed by atoms with E-state index in [-0.39, 0.29) is 6.04 Å². The van der Waals surface area contributed by atoms with Crippen molar-refractivity contribution in [2.75, 3.05) is 7.05 Å². The van der Waals surface area contributed by atoms with Gasteiger partial charge in [0.15, 0.2) is 10.8 Å². The van der Waals surface area contributed by atoms with Gasteiger partial charge in [0, 0.05) is 21.6 Å². The summed E-state index contributed by atoms with van der Waals surface area (Å²) in [5.74, 6) is 0. The monoisotopic (exact) mass is 362 g/mol. The molecule has 3 rings (SSSR count). The third kappa shape index (κ3) is 2.97. The molecule has 3 aromatic rings. The number of aromatic nitrogens is 3. The number of nitrogens with zero attached hydrogens (tertiary/aromatic N) is 3. The standard InChI is InChI=1S/C15H15BrN4S/c1-10(17-2)12-7-6-11(16)9-13(12)21-15-19-18-14-5-3-4-8-20(14)15/h3-10,17H,1-2H3. The second-order valence-electron chi connectivity index (χ2n) is 4.71. The molecule has 2 aromatic heterocycles. The van der Waals surface area contributed by atoms with E-state index in [1.807, 2.05) is 35.8 Å². The Hall–Kier alpha value is -1.37. The fraction of sp³-hybridized carbons (Fsp3) is 0.200. The smallest absolute Gasteiger partial charge is 0.200 e. The van der Waals surface area contributed by atoms with Crippen LogP contribution in [-0.2, 0) is 0 Å². The van der Waals surface area contributed by atoms with E-state index in [9.17, 15) is 0 Å². The fourth-order valence-corrected chi connectivity index (χ4v) is 3.69. The number of halogens is 1. The molecule has 0 radical (unpaired) electrons. The zero-order valence-corrected chi connectivity index (χ0v) is 14.1. The van der Waals surface area contributed by atoms with Crippen LogP contribution in [0.3, 0.4) is 0 Å². The Labute approximate surface area is 136 Å². The summed E-state index contributed by atoms with van der Waals surface area (Å²) in [5, 5.41) is 12.6. The van der Waals surface area contributed by atoms with Crippen LogP contribution in [0.2, 0.25) is 0 Å². The highest BCUT2D eigenvalue weighted by Gasteiger charge is 2.14. The molecule has 4 nitrogen and oxygen atoms in total. The Balaban J connectivity index is 2.03. The average Bonchev–Trinajstić information content (AvgIpc) is 2.90. The first kappa shape index (κ1) is 14.6. The molecule has 1 N–H and O–H groups in total. The van der Waals surface area contributed by atoms with Crippen LogP contribution < -0.4 is 5.32 Å². The van der Waals surface area contributed by atoms with Gasteiger partial charge in [-0.15, -0.1) is 10.2 Å². The number of rotatable bonds is 4. The van der Waals surface area contributed by atoms with Crippen molar-refractivity contribution in [3.63, 3.8) is 0 Å². The van der Waals surface area contributed by atoms with E-state index < -0.39 is 0 Å². The molecule has 2 heterocycles. The van der Waals surface area contributed by atoms with Gasteiger partial charge < -0.3 is 5.32 Å². The largest absolute Gasteiger partial charge is 0.313 e. The summed E-state index contributed by atoms with van der Waals surface area (Å²) in [6.45, 7) is 2.15. The molecular formula is C15H15BrN4S. The summed E-state index contributed by atoms with van der Waals surface area (Å²) in [6.07, 6.45) is 1.98. The Kier molecular flexibility index (Phi) is 4.28. The average molecular weight is 363 g/mol. The van der Waals surface area contributed by atoms with E-state index in [2.05, 4.69) is 56.6 Å². The molecule has 108 valence electrons. The topological polar surface area (TPSA) is 42.2 Å². The molecule has 1 atom stereocenters. The van der Waals surface area contributed by atoms with E-state index >= 15 is 0 Å². The molecule has 0 aliphatic heterocycles. The summed E-state index contributed by atoms with van der Waals surface area (Å²) in [7, 11) is 1.97. The van der Waals surface area contributed by atoms with Gasteiger partial charge in [-0.2, -0.15) is 0 Å². The van der Waals surface area contributed by atoms with Crippen molar-refractivity contribution in [3.8, 4) is 0 Å². The third-order valence-corrected chi connectivity index (χ3v) is 4.89. The fourth-order valence-electron chi connectivity index (χ4n) is 2.10. The maximum absolute atomic E-state index is 4.29. The van der Waals surface area contributed by atoms with Crippen molar-refractivity contribution in [1.29, 1.82) is 0 Å². The van der Waals surface area contributed by atoms with E-state index in [0.717, 1.165) is 15.3 Å². The Morgan fingerprint density at radius 1 is 1.24 bits per heavy atom. The van der Waals surface area contributed by atoms with Gasteiger partial charge in [-0.1, -0.05) is 28.1 Å². The predicted octanol–water partition coefficient (Wildman–Crippen LogP) is 3.92. The summed E-state index contributed by atoms with van der Waals surface area (Å²) in [6, 6.07) is 12.5. The van der Waals surface area contributed by atoms with E-state index in [1.54, 1.807) is 11.8 Å². The van der Waals surface area contributed by atoms with Gasteiger partial charge in [0.25, 0.3) is 0 Å². The SMILES string of the molecule is CNC(C)c1ccc(Br)cc1Sc1nnc2ccccn12. The number of fused-ring (bicyclic) bond motifs is 1. The van der Waals surface area contributed by atoms with Gasteiger partial charge in [-0.25, -0.2) is 0 Å². The molecule has 0 bridgehead atoms. The summed E-state index contributed by atoms with van der Waals surface area (Å²) in [4.78, 5) is 1.17. The van der Waals surface area contributed by atoms with Gasteiger partial charge in [0.2, 0.25) is 0 Å². The van der Waals surface area contributed by atoms with E-state index in [4.69, 9.17) is 0 Å². The van der Waals surface area contributed by atoms with E-state index in [1.165, 1.54) is 10.5 Å². The van der Waals surface area contributed by atoms with Crippen LogP contribution in [0.4, 0.5) is 0 Å². The number of benzene rings is 1. The van der Waals surface area contributed by atoms with Crippen LogP contribution in [0.15, 0.2) is 57.1 Å². The summed E-state index contributed by atoms with van der Waals surface area (Å²) < 4.78 is 3.06.